The van der Waals surface area contributed by atoms with Crippen LogP contribution in [0.25, 0.3) is 0 Å². The number of Topliss-reactive ketones (excluding diaryl/α,β-unsaturated/α-hetero) is 1. The number of hydrogen-bond acceptors (Lipinski definition) is 4. The van der Waals surface area contributed by atoms with Gasteiger partial charge in [0.1, 0.15) is 5.75 Å². The molecule has 5 nitrogen and oxygen atoms in total. The van der Waals surface area contributed by atoms with Crippen molar-refractivity contribution in [1.29, 1.82) is 0 Å². The molecule has 0 radical (unpaired) electrons. The second-order valence-corrected chi connectivity index (χ2v) is 8.17. The number of methoxy groups -OCH3 is 1. The molecular weight excluding hydrogens is 330 g/mol. The molecule has 0 spiro atoms. The van der Waals surface area contributed by atoms with E-state index in [1.165, 1.54) is 0 Å². The maximum absolute atomic E-state index is 13.1. The molecule has 1 aliphatic carbocycles. The molecule has 1 atom stereocenters. The lowest BCUT2D eigenvalue weighted by atomic mass is 9.82. The SMILES string of the molecule is COc1ccc(C2C(C(=O)C(C)(C)C)=C(O)C(=O)N2C2CCCC2)cc1. The van der Waals surface area contributed by atoms with Crippen LogP contribution in [0, 0.1) is 5.41 Å². The largest absolute Gasteiger partial charge is 0.503 e. The van der Waals surface area contributed by atoms with Gasteiger partial charge in [-0.25, -0.2) is 0 Å². The summed E-state index contributed by atoms with van der Waals surface area (Å²) in [7, 11) is 1.60. The summed E-state index contributed by atoms with van der Waals surface area (Å²) in [5.74, 6) is -0.296. The van der Waals surface area contributed by atoms with Crippen LogP contribution < -0.4 is 4.74 Å². The topological polar surface area (TPSA) is 66.8 Å². The van der Waals surface area contributed by atoms with Crippen LogP contribution in [0.5, 0.6) is 5.75 Å². The van der Waals surface area contributed by atoms with Crippen molar-refractivity contribution in [2.24, 2.45) is 5.41 Å². The average Bonchev–Trinajstić information content (AvgIpc) is 3.21. The summed E-state index contributed by atoms with van der Waals surface area (Å²) in [6.45, 7) is 5.43. The van der Waals surface area contributed by atoms with Gasteiger partial charge in [0.05, 0.1) is 18.7 Å². The van der Waals surface area contributed by atoms with Crippen molar-refractivity contribution >= 4 is 11.7 Å². The van der Waals surface area contributed by atoms with Gasteiger partial charge in [0, 0.05) is 11.5 Å². The van der Waals surface area contributed by atoms with Crippen LogP contribution in [0.1, 0.15) is 58.1 Å². The number of carbonyl (C=O) groups excluding carboxylic acids is 2. The van der Waals surface area contributed by atoms with Crippen LogP contribution in [-0.2, 0) is 9.59 Å². The number of aliphatic hydroxyl groups excluding tert-OH is 1. The molecule has 0 aromatic heterocycles. The van der Waals surface area contributed by atoms with E-state index in [-0.39, 0.29) is 17.4 Å². The number of ketones is 1. The summed E-state index contributed by atoms with van der Waals surface area (Å²) in [6, 6.07) is 6.90. The molecule has 140 valence electrons. The monoisotopic (exact) mass is 357 g/mol. The van der Waals surface area contributed by atoms with Crippen molar-refractivity contribution < 1.29 is 19.4 Å². The van der Waals surface area contributed by atoms with Crippen molar-refractivity contribution in [3.8, 4) is 5.75 Å². The minimum Gasteiger partial charge on any atom is -0.503 e. The van der Waals surface area contributed by atoms with E-state index in [1.807, 2.05) is 45.0 Å². The Bertz CT molecular complexity index is 736. The van der Waals surface area contributed by atoms with E-state index in [2.05, 4.69) is 0 Å². The minimum atomic E-state index is -0.681. The fourth-order valence-corrected chi connectivity index (χ4v) is 3.93. The minimum absolute atomic E-state index is 0.0574. The van der Waals surface area contributed by atoms with Gasteiger partial charge in [0.15, 0.2) is 11.5 Å². The first-order chi connectivity index (χ1) is 12.3. The van der Waals surface area contributed by atoms with Crippen LogP contribution in [0.2, 0.25) is 0 Å². The Morgan fingerprint density at radius 1 is 1.15 bits per heavy atom. The Labute approximate surface area is 154 Å². The zero-order valence-corrected chi connectivity index (χ0v) is 15.9. The number of nitrogens with zero attached hydrogens (tertiary/aromatic N) is 1. The predicted octanol–water partition coefficient (Wildman–Crippen LogP) is 3.95. The Morgan fingerprint density at radius 3 is 2.23 bits per heavy atom. The van der Waals surface area contributed by atoms with Crippen LogP contribution in [0.3, 0.4) is 0 Å². The molecule has 1 aromatic rings. The van der Waals surface area contributed by atoms with Crippen LogP contribution in [-0.4, -0.2) is 34.8 Å². The third-order valence-corrected chi connectivity index (χ3v) is 5.32. The molecule has 0 bridgehead atoms. The van der Waals surface area contributed by atoms with Crippen LogP contribution in [0.15, 0.2) is 35.6 Å². The molecule has 26 heavy (non-hydrogen) atoms. The Morgan fingerprint density at radius 2 is 1.73 bits per heavy atom. The molecule has 1 N–H and O–H groups in total. The second-order valence-electron chi connectivity index (χ2n) is 8.17. The van der Waals surface area contributed by atoms with Gasteiger partial charge in [-0.05, 0) is 30.5 Å². The zero-order chi connectivity index (χ0) is 19.1. The van der Waals surface area contributed by atoms with E-state index in [4.69, 9.17) is 4.74 Å². The highest BCUT2D eigenvalue weighted by Gasteiger charge is 2.48. The lowest BCUT2D eigenvalue weighted by Crippen LogP contribution is -2.39. The summed E-state index contributed by atoms with van der Waals surface area (Å²) in [5, 5.41) is 10.6. The molecule has 1 saturated carbocycles. The highest BCUT2D eigenvalue weighted by molar-refractivity contribution is 6.10. The van der Waals surface area contributed by atoms with Gasteiger partial charge < -0.3 is 14.7 Å². The van der Waals surface area contributed by atoms with Crippen molar-refractivity contribution in [1.82, 2.24) is 4.90 Å². The molecular formula is C21H27NO4. The Balaban J connectivity index is 2.09. The molecule has 0 saturated heterocycles. The standard InChI is InChI=1S/C21H27NO4/c1-21(2,3)19(24)16-17(13-9-11-15(26-4)12-10-13)22(20(25)18(16)23)14-7-5-6-8-14/h9-12,14,17,23H,5-8H2,1-4H3. The molecule has 3 rings (SSSR count). The molecule has 1 fully saturated rings. The van der Waals surface area contributed by atoms with Gasteiger partial charge in [0.2, 0.25) is 0 Å². The number of aliphatic hydroxyl groups is 1. The molecule has 5 heteroatoms. The van der Waals surface area contributed by atoms with Crippen LogP contribution in [0.4, 0.5) is 0 Å². The summed E-state index contributed by atoms with van der Waals surface area (Å²) in [5.41, 5.74) is 0.363. The van der Waals surface area contributed by atoms with Crippen molar-refractivity contribution in [3.63, 3.8) is 0 Å². The summed E-state index contributed by atoms with van der Waals surface area (Å²) in [4.78, 5) is 27.7. The van der Waals surface area contributed by atoms with Crippen molar-refractivity contribution in [2.75, 3.05) is 7.11 Å². The van der Waals surface area contributed by atoms with E-state index >= 15 is 0 Å². The second kappa shape index (κ2) is 6.78. The third-order valence-electron chi connectivity index (χ3n) is 5.32. The van der Waals surface area contributed by atoms with Crippen LogP contribution >= 0.6 is 0 Å². The lowest BCUT2D eigenvalue weighted by Gasteiger charge is -2.33. The average molecular weight is 357 g/mol. The number of carbonyl (C=O) groups is 2. The molecule has 2 aliphatic rings. The lowest BCUT2D eigenvalue weighted by molar-refractivity contribution is -0.131. The fourth-order valence-electron chi connectivity index (χ4n) is 3.93. The summed E-state index contributed by atoms with van der Waals surface area (Å²) >= 11 is 0. The molecule has 1 aliphatic heterocycles. The first-order valence-corrected chi connectivity index (χ1v) is 9.20. The van der Waals surface area contributed by atoms with E-state index in [9.17, 15) is 14.7 Å². The number of ether oxygens (including phenoxy) is 1. The molecule has 1 aromatic carbocycles. The van der Waals surface area contributed by atoms with E-state index in [0.29, 0.717) is 5.75 Å². The maximum atomic E-state index is 13.1. The van der Waals surface area contributed by atoms with Gasteiger partial charge in [-0.2, -0.15) is 0 Å². The Hall–Kier alpha value is -2.30. The van der Waals surface area contributed by atoms with E-state index in [0.717, 1.165) is 31.2 Å². The first-order valence-electron chi connectivity index (χ1n) is 9.20. The van der Waals surface area contributed by atoms with Crippen molar-refractivity contribution in [2.45, 2.75) is 58.5 Å². The highest BCUT2D eigenvalue weighted by atomic mass is 16.5. The van der Waals surface area contributed by atoms with E-state index in [1.54, 1.807) is 12.0 Å². The van der Waals surface area contributed by atoms with Gasteiger partial charge in [-0.3, -0.25) is 9.59 Å². The molecule has 1 amide bonds. The van der Waals surface area contributed by atoms with Gasteiger partial charge >= 0.3 is 0 Å². The number of hydrogen-bond donors (Lipinski definition) is 1. The predicted molar refractivity (Wildman–Crippen MR) is 99.0 cm³/mol. The normalized spacial score (nSPS) is 21.6. The molecule has 1 unspecified atom stereocenters. The first kappa shape index (κ1) is 18.5. The van der Waals surface area contributed by atoms with Gasteiger partial charge in [-0.1, -0.05) is 45.7 Å². The Kier molecular flexibility index (Phi) is 4.82. The highest BCUT2D eigenvalue weighted by Crippen LogP contribution is 2.44. The van der Waals surface area contributed by atoms with Gasteiger partial charge in [0.25, 0.3) is 5.91 Å². The fraction of sp³-hybridized carbons (Fsp3) is 0.524. The maximum Gasteiger partial charge on any atom is 0.290 e. The van der Waals surface area contributed by atoms with E-state index < -0.39 is 23.1 Å². The summed E-state index contributed by atoms with van der Waals surface area (Å²) < 4.78 is 5.22. The number of amides is 1. The van der Waals surface area contributed by atoms with Crippen molar-refractivity contribution in [3.05, 3.63) is 41.2 Å². The molecule has 1 heterocycles. The number of rotatable bonds is 4. The third kappa shape index (κ3) is 3.11. The summed E-state index contributed by atoms with van der Waals surface area (Å²) in [6.07, 6.45) is 3.94. The zero-order valence-electron chi connectivity index (χ0n) is 15.9. The quantitative estimate of drug-likeness (QED) is 0.886. The van der Waals surface area contributed by atoms with Gasteiger partial charge in [-0.15, -0.1) is 0 Å². The smallest absolute Gasteiger partial charge is 0.290 e. The number of benzene rings is 1.